The van der Waals surface area contributed by atoms with Gasteiger partial charge in [-0.15, -0.1) is 0 Å². The second kappa shape index (κ2) is 5.27. The SMILES string of the molecule is O=C1COc2cc(NC3CCCOC3)c(Cl)cc2N1. The molecule has 1 amide bonds. The zero-order chi connectivity index (χ0) is 13.2. The maximum Gasteiger partial charge on any atom is 0.262 e. The molecule has 0 aliphatic carbocycles. The molecule has 1 aromatic rings. The summed E-state index contributed by atoms with van der Waals surface area (Å²) >= 11 is 6.22. The minimum Gasteiger partial charge on any atom is -0.482 e. The highest BCUT2D eigenvalue weighted by atomic mass is 35.5. The number of nitrogens with one attached hydrogen (secondary N) is 2. The summed E-state index contributed by atoms with van der Waals surface area (Å²) in [7, 11) is 0. The summed E-state index contributed by atoms with van der Waals surface area (Å²) in [6, 6.07) is 3.80. The van der Waals surface area contributed by atoms with E-state index in [1.807, 2.05) is 6.07 Å². The molecule has 1 unspecified atom stereocenters. The van der Waals surface area contributed by atoms with Crippen molar-refractivity contribution in [3.8, 4) is 5.75 Å². The molecule has 2 N–H and O–H groups in total. The number of halogens is 1. The minimum absolute atomic E-state index is 0.0423. The van der Waals surface area contributed by atoms with Crippen molar-refractivity contribution in [2.24, 2.45) is 0 Å². The van der Waals surface area contributed by atoms with Crippen LogP contribution in [0.1, 0.15) is 12.8 Å². The van der Waals surface area contributed by atoms with Crippen LogP contribution < -0.4 is 15.4 Å². The van der Waals surface area contributed by atoms with Crippen molar-refractivity contribution in [3.63, 3.8) is 0 Å². The summed E-state index contributed by atoms with van der Waals surface area (Å²) < 4.78 is 10.8. The van der Waals surface area contributed by atoms with E-state index in [2.05, 4.69) is 10.6 Å². The molecule has 0 aromatic heterocycles. The molecule has 19 heavy (non-hydrogen) atoms. The zero-order valence-electron chi connectivity index (χ0n) is 10.4. The van der Waals surface area contributed by atoms with Crippen LogP contribution in [0.15, 0.2) is 12.1 Å². The molecule has 0 bridgehead atoms. The summed E-state index contributed by atoms with van der Waals surface area (Å²) in [5.74, 6) is 0.480. The molecule has 0 spiro atoms. The van der Waals surface area contributed by atoms with Crippen molar-refractivity contribution in [1.82, 2.24) is 0 Å². The highest BCUT2D eigenvalue weighted by Gasteiger charge is 2.20. The van der Waals surface area contributed by atoms with Crippen LogP contribution in [-0.2, 0) is 9.53 Å². The molecule has 2 aliphatic rings. The van der Waals surface area contributed by atoms with Gasteiger partial charge < -0.3 is 20.1 Å². The van der Waals surface area contributed by atoms with E-state index in [1.54, 1.807) is 6.07 Å². The first-order valence-corrected chi connectivity index (χ1v) is 6.70. The van der Waals surface area contributed by atoms with Gasteiger partial charge in [-0.25, -0.2) is 0 Å². The Labute approximate surface area is 116 Å². The quantitative estimate of drug-likeness (QED) is 0.873. The number of amides is 1. The van der Waals surface area contributed by atoms with Crippen molar-refractivity contribution < 1.29 is 14.3 Å². The minimum atomic E-state index is -0.162. The smallest absolute Gasteiger partial charge is 0.262 e. The first-order chi connectivity index (χ1) is 9.22. The van der Waals surface area contributed by atoms with E-state index >= 15 is 0 Å². The van der Waals surface area contributed by atoms with Crippen LogP contribution >= 0.6 is 11.6 Å². The predicted octanol–water partition coefficient (Wildman–Crippen LogP) is 2.26. The molecule has 2 heterocycles. The van der Waals surface area contributed by atoms with Gasteiger partial charge in [0, 0.05) is 18.7 Å². The van der Waals surface area contributed by atoms with E-state index < -0.39 is 0 Å². The molecule has 2 aliphatic heterocycles. The second-order valence-electron chi connectivity index (χ2n) is 4.72. The van der Waals surface area contributed by atoms with Crippen LogP contribution in [0.2, 0.25) is 5.02 Å². The molecule has 1 aromatic carbocycles. The lowest BCUT2D eigenvalue weighted by Crippen LogP contribution is -2.30. The number of benzene rings is 1. The normalized spacial score (nSPS) is 22.2. The van der Waals surface area contributed by atoms with E-state index in [4.69, 9.17) is 21.1 Å². The summed E-state index contributed by atoms with van der Waals surface area (Å²) in [5, 5.41) is 6.66. The topological polar surface area (TPSA) is 59.6 Å². The second-order valence-corrected chi connectivity index (χ2v) is 5.13. The third-order valence-corrected chi connectivity index (χ3v) is 3.53. The number of carbonyl (C=O) groups is 1. The van der Waals surface area contributed by atoms with Gasteiger partial charge >= 0.3 is 0 Å². The van der Waals surface area contributed by atoms with Gasteiger partial charge in [0.2, 0.25) is 0 Å². The molecule has 1 saturated heterocycles. The third kappa shape index (κ3) is 2.77. The van der Waals surface area contributed by atoms with Gasteiger partial charge in [-0.1, -0.05) is 11.6 Å². The molecule has 6 heteroatoms. The molecule has 102 valence electrons. The highest BCUT2D eigenvalue weighted by Crippen LogP contribution is 2.36. The Morgan fingerprint density at radius 3 is 3.11 bits per heavy atom. The van der Waals surface area contributed by atoms with Crippen LogP contribution in [0.5, 0.6) is 5.75 Å². The fourth-order valence-corrected chi connectivity index (χ4v) is 2.50. The number of rotatable bonds is 2. The Morgan fingerprint density at radius 1 is 1.42 bits per heavy atom. The van der Waals surface area contributed by atoms with E-state index in [9.17, 15) is 4.79 Å². The molecule has 1 atom stereocenters. The summed E-state index contributed by atoms with van der Waals surface area (Å²) in [6.45, 7) is 1.55. The maximum atomic E-state index is 11.2. The van der Waals surface area contributed by atoms with Gasteiger partial charge in [0.1, 0.15) is 5.75 Å². The van der Waals surface area contributed by atoms with Gasteiger partial charge in [0.15, 0.2) is 6.61 Å². The lowest BCUT2D eigenvalue weighted by molar-refractivity contribution is -0.118. The number of hydrogen-bond acceptors (Lipinski definition) is 4. The van der Waals surface area contributed by atoms with Crippen molar-refractivity contribution in [1.29, 1.82) is 0 Å². The predicted molar refractivity (Wildman–Crippen MR) is 73.0 cm³/mol. The summed E-state index contributed by atoms with van der Waals surface area (Å²) in [6.07, 6.45) is 2.11. The Hall–Kier alpha value is -1.46. The Bertz CT molecular complexity index is 501. The summed E-state index contributed by atoms with van der Waals surface area (Å²) in [4.78, 5) is 11.2. The highest BCUT2D eigenvalue weighted by molar-refractivity contribution is 6.33. The van der Waals surface area contributed by atoms with Gasteiger partial charge in [-0.3, -0.25) is 4.79 Å². The zero-order valence-corrected chi connectivity index (χ0v) is 11.1. The summed E-state index contributed by atoms with van der Waals surface area (Å²) in [5.41, 5.74) is 1.43. The number of fused-ring (bicyclic) bond motifs is 1. The van der Waals surface area contributed by atoms with Crippen LogP contribution in [0, 0.1) is 0 Å². The van der Waals surface area contributed by atoms with Gasteiger partial charge in [0.05, 0.1) is 23.0 Å². The lowest BCUT2D eigenvalue weighted by atomic mass is 10.1. The number of anilines is 2. The Balaban J connectivity index is 1.80. The van der Waals surface area contributed by atoms with Crippen molar-refractivity contribution in [3.05, 3.63) is 17.2 Å². The van der Waals surface area contributed by atoms with Crippen LogP contribution in [0.4, 0.5) is 11.4 Å². The molecule has 1 fully saturated rings. The van der Waals surface area contributed by atoms with E-state index in [-0.39, 0.29) is 18.6 Å². The van der Waals surface area contributed by atoms with Gasteiger partial charge in [-0.05, 0) is 18.9 Å². The van der Waals surface area contributed by atoms with Crippen molar-refractivity contribution >= 4 is 28.9 Å². The standard InChI is InChI=1S/C13H15ClN2O3/c14-9-4-11-12(19-7-13(17)16-11)5-10(9)15-8-2-1-3-18-6-8/h4-5,8,15H,1-3,6-7H2,(H,16,17). The van der Waals surface area contributed by atoms with E-state index in [1.165, 1.54) is 0 Å². The molecule has 3 rings (SSSR count). The average Bonchev–Trinajstić information content (AvgIpc) is 2.41. The largest absolute Gasteiger partial charge is 0.482 e. The first kappa shape index (κ1) is 12.6. The molecule has 5 nitrogen and oxygen atoms in total. The van der Waals surface area contributed by atoms with E-state index in [0.29, 0.717) is 23.1 Å². The number of hydrogen-bond donors (Lipinski definition) is 2. The number of ether oxygens (including phenoxy) is 2. The van der Waals surface area contributed by atoms with Crippen molar-refractivity contribution in [2.45, 2.75) is 18.9 Å². The van der Waals surface area contributed by atoms with E-state index in [0.717, 1.165) is 25.1 Å². The number of carbonyl (C=O) groups excluding carboxylic acids is 1. The Morgan fingerprint density at radius 2 is 2.32 bits per heavy atom. The van der Waals surface area contributed by atoms with Crippen LogP contribution in [0.25, 0.3) is 0 Å². The Kier molecular flexibility index (Phi) is 3.48. The fraction of sp³-hybridized carbons (Fsp3) is 0.462. The van der Waals surface area contributed by atoms with Gasteiger partial charge in [0.25, 0.3) is 5.91 Å². The fourth-order valence-electron chi connectivity index (χ4n) is 2.29. The molecular formula is C13H15ClN2O3. The average molecular weight is 283 g/mol. The van der Waals surface area contributed by atoms with Crippen LogP contribution in [-0.4, -0.2) is 31.8 Å². The maximum absolute atomic E-state index is 11.2. The molecular weight excluding hydrogens is 268 g/mol. The third-order valence-electron chi connectivity index (χ3n) is 3.22. The monoisotopic (exact) mass is 282 g/mol. The lowest BCUT2D eigenvalue weighted by Gasteiger charge is -2.26. The first-order valence-electron chi connectivity index (χ1n) is 6.33. The van der Waals surface area contributed by atoms with Crippen molar-refractivity contribution in [2.75, 3.05) is 30.5 Å². The van der Waals surface area contributed by atoms with Crippen LogP contribution in [0.3, 0.4) is 0 Å². The molecule has 0 saturated carbocycles. The molecule has 0 radical (unpaired) electrons. The van der Waals surface area contributed by atoms with Gasteiger partial charge in [-0.2, -0.15) is 0 Å².